The standard InChI is InChI=1S/C16H10F3N3O/c1-10-14-8-13(23-9-20)6-7-15(14)22(21-10)12-4-2-11(3-5-12)16(17,18)19/h2-8H,1H3. The Hall–Kier alpha value is -3.01. The van der Waals surface area contributed by atoms with Crippen LogP contribution in [-0.2, 0) is 6.18 Å². The molecule has 0 saturated carbocycles. The topological polar surface area (TPSA) is 50.8 Å². The molecule has 0 aliphatic heterocycles. The molecule has 0 unspecified atom stereocenters. The summed E-state index contributed by atoms with van der Waals surface area (Å²) >= 11 is 0. The minimum Gasteiger partial charge on any atom is -0.388 e. The third-order valence-corrected chi connectivity index (χ3v) is 3.44. The van der Waals surface area contributed by atoms with Crippen LogP contribution >= 0.6 is 0 Å². The fourth-order valence-electron chi connectivity index (χ4n) is 2.35. The summed E-state index contributed by atoms with van der Waals surface area (Å²) in [6.45, 7) is 1.78. The van der Waals surface area contributed by atoms with E-state index in [1.165, 1.54) is 12.1 Å². The Bertz CT molecular complexity index is 905. The predicted molar refractivity (Wildman–Crippen MR) is 77.1 cm³/mol. The van der Waals surface area contributed by atoms with Crippen molar-refractivity contribution in [3.8, 4) is 17.7 Å². The van der Waals surface area contributed by atoms with E-state index in [9.17, 15) is 13.2 Å². The van der Waals surface area contributed by atoms with Crippen LogP contribution in [0.1, 0.15) is 11.3 Å². The molecule has 0 fully saturated rings. The molecule has 7 heteroatoms. The quantitative estimate of drug-likeness (QED) is 0.665. The van der Waals surface area contributed by atoms with Gasteiger partial charge >= 0.3 is 6.18 Å². The molecule has 2 aromatic carbocycles. The number of benzene rings is 2. The molecule has 0 atom stereocenters. The molecule has 0 aliphatic rings. The molecule has 0 N–H and O–H groups in total. The molecule has 0 radical (unpaired) electrons. The fourth-order valence-corrected chi connectivity index (χ4v) is 2.35. The van der Waals surface area contributed by atoms with Crippen molar-refractivity contribution in [2.24, 2.45) is 0 Å². The Morgan fingerprint density at radius 2 is 1.83 bits per heavy atom. The first kappa shape index (κ1) is 14.9. The van der Waals surface area contributed by atoms with Gasteiger partial charge in [0.25, 0.3) is 6.26 Å². The number of fused-ring (bicyclic) bond motifs is 1. The second kappa shape index (κ2) is 5.32. The SMILES string of the molecule is Cc1nn(-c2ccc(C(F)(F)F)cc2)c2ccc(OC#N)cc12. The van der Waals surface area contributed by atoms with Crippen LogP contribution in [0.15, 0.2) is 42.5 Å². The zero-order valence-electron chi connectivity index (χ0n) is 11.9. The molecule has 0 aliphatic carbocycles. The smallest absolute Gasteiger partial charge is 0.388 e. The molecule has 3 rings (SSSR count). The summed E-state index contributed by atoms with van der Waals surface area (Å²) in [6, 6.07) is 9.76. The fraction of sp³-hybridized carbons (Fsp3) is 0.125. The van der Waals surface area contributed by atoms with Gasteiger partial charge in [0.1, 0.15) is 5.75 Å². The Morgan fingerprint density at radius 1 is 1.13 bits per heavy atom. The second-order valence-corrected chi connectivity index (χ2v) is 4.91. The minimum absolute atomic E-state index is 0.384. The van der Waals surface area contributed by atoms with Crippen molar-refractivity contribution >= 4 is 10.9 Å². The number of rotatable bonds is 2. The van der Waals surface area contributed by atoms with Crippen molar-refractivity contribution in [1.82, 2.24) is 9.78 Å². The van der Waals surface area contributed by atoms with Crippen LogP contribution < -0.4 is 4.74 Å². The molecule has 116 valence electrons. The van der Waals surface area contributed by atoms with Crippen LogP contribution in [0.4, 0.5) is 13.2 Å². The highest BCUT2D eigenvalue weighted by Gasteiger charge is 2.30. The number of aryl methyl sites for hydroxylation is 1. The lowest BCUT2D eigenvalue weighted by Gasteiger charge is -2.08. The highest BCUT2D eigenvalue weighted by atomic mass is 19.4. The molecular formula is C16H10F3N3O. The highest BCUT2D eigenvalue weighted by Crippen LogP contribution is 2.31. The zero-order chi connectivity index (χ0) is 16.6. The van der Waals surface area contributed by atoms with Gasteiger partial charge in [-0.25, -0.2) is 4.68 Å². The summed E-state index contributed by atoms with van der Waals surface area (Å²) in [5.41, 5.74) is 1.21. The van der Waals surface area contributed by atoms with Crippen LogP contribution in [0.3, 0.4) is 0 Å². The molecule has 1 heterocycles. The maximum Gasteiger partial charge on any atom is 0.416 e. The van der Waals surface area contributed by atoms with E-state index in [0.29, 0.717) is 22.6 Å². The van der Waals surface area contributed by atoms with Crippen molar-refractivity contribution in [3.05, 3.63) is 53.7 Å². The van der Waals surface area contributed by atoms with E-state index >= 15 is 0 Å². The van der Waals surface area contributed by atoms with Gasteiger partial charge in [-0.15, -0.1) is 5.26 Å². The summed E-state index contributed by atoms with van der Waals surface area (Å²) in [7, 11) is 0. The van der Waals surface area contributed by atoms with Gasteiger partial charge in [0.15, 0.2) is 0 Å². The van der Waals surface area contributed by atoms with E-state index in [0.717, 1.165) is 17.5 Å². The van der Waals surface area contributed by atoms with E-state index in [1.54, 1.807) is 36.1 Å². The third-order valence-electron chi connectivity index (χ3n) is 3.44. The van der Waals surface area contributed by atoms with Crippen LogP contribution in [0.5, 0.6) is 5.75 Å². The number of hydrogen-bond donors (Lipinski definition) is 0. The van der Waals surface area contributed by atoms with Gasteiger partial charge in [0, 0.05) is 5.39 Å². The Kier molecular flexibility index (Phi) is 3.45. The maximum absolute atomic E-state index is 12.6. The lowest BCUT2D eigenvalue weighted by atomic mass is 10.2. The molecule has 0 spiro atoms. The Balaban J connectivity index is 2.08. The van der Waals surface area contributed by atoms with Crippen LogP contribution in [0.2, 0.25) is 0 Å². The Labute approximate surface area is 129 Å². The lowest BCUT2D eigenvalue weighted by Crippen LogP contribution is -2.05. The number of nitriles is 1. The molecule has 0 amide bonds. The Morgan fingerprint density at radius 3 is 2.43 bits per heavy atom. The average molecular weight is 317 g/mol. The lowest BCUT2D eigenvalue weighted by molar-refractivity contribution is -0.137. The average Bonchev–Trinajstić information content (AvgIpc) is 2.84. The maximum atomic E-state index is 12.6. The van der Waals surface area contributed by atoms with E-state index in [-0.39, 0.29) is 0 Å². The third kappa shape index (κ3) is 2.71. The van der Waals surface area contributed by atoms with E-state index in [1.807, 2.05) is 0 Å². The number of alkyl halides is 3. The number of nitrogens with zero attached hydrogens (tertiary/aromatic N) is 3. The summed E-state index contributed by atoms with van der Waals surface area (Å²) in [4.78, 5) is 0. The summed E-state index contributed by atoms with van der Waals surface area (Å²) in [5, 5.41) is 13.7. The zero-order valence-corrected chi connectivity index (χ0v) is 11.9. The molecule has 4 nitrogen and oxygen atoms in total. The van der Waals surface area contributed by atoms with E-state index in [4.69, 9.17) is 10.00 Å². The molecule has 3 aromatic rings. The normalized spacial score (nSPS) is 11.4. The molecule has 0 bridgehead atoms. The molecule has 23 heavy (non-hydrogen) atoms. The first-order valence-corrected chi connectivity index (χ1v) is 6.63. The van der Waals surface area contributed by atoms with Crippen molar-refractivity contribution in [2.75, 3.05) is 0 Å². The summed E-state index contributed by atoms with van der Waals surface area (Å²) in [5.74, 6) is 0.384. The first-order chi connectivity index (χ1) is 10.9. The van der Waals surface area contributed by atoms with Crippen molar-refractivity contribution in [3.63, 3.8) is 0 Å². The molecular weight excluding hydrogens is 307 g/mol. The first-order valence-electron chi connectivity index (χ1n) is 6.63. The van der Waals surface area contributed by atoms with Crippen molar-refractivity contribution in [2.45, 2.75) is 13.1 Å². The van der Waals surface area contributed by atoms with Gasteiger partial charge in [0.2, 0.25) is 0 Å². The summed E-state index contributed by atoms with van der Waals surface area (Å²) < 4.78 is 44.2. The molecule has 0 saturated heterocycles. The monoisotopic (exact) mass is 317 g/mol. The number of ether oxygens (including phenoxy) is 1. The van der Waals surface area contributed by atoms with Gasteiger partial charge in [0.05, 0.1) is 22.5 Å². The van der Waals surface area contributed by atoms with Gasteiger partial charge in [-0.1, -0.05) is 0 Å². The number of aromatic nitrogens is 2. The minimum atomic E-state index is -4.37. The van der Waals surface area contributed by atoms with Crippen molar-refractivity contribution < 1.29 is 17.9 Å². The number of halogens is 3. The molecule has 1 aromatic heterocycles. The predicted octanol–water partition coefficient (Wildman–Crippen LogP) is 4.21. The van der Waals surface area contributed by atoms with Gasteiger partial charge in [-0.2, -0.15) is 18.3 Å². The second-order valence-electron chi connectivity index (χ2n) is 4.91. The van der Waals surface area contributed by atoms with E-state index < -0.39 is 11.7 Å². The summed E-state index contributed by atoms with van der Waals surface area (Å²) in [6.07, 6.45) is -2.78. The van der Waals surface area contributed by atoms with Gasteiger partial charge < -0.3 is 4.74 Å². The van der Waals surface area contributed by atoms with Crippen LogP contribution in [0.25, 0.3) is 16.6 Å². The highest BCUT2D eigenvalue weighted by molar-refractivity contribution is 5.84. The number of hydrogen-bond acceptors (Lipinski definition) is 3. The van der Waals surface area contributed by atoms with Gasteiger partial charge in [-0.05, 0) is 49.4 Å². The largest absolute Gasteiger partial charge is 0.416 e. The van der Waals surface area contributed by atoms with E-state index in [2.05, 4.69) is 5.10 Å². The van der Waals surface area contributed by atoms with Crippen LogP contribution in [0, 0.1) is 18.4 Å². The van der Waals surface area contributed by atoms with Gasteiger partial charge in [-0.3, -0.25) is 0 Å². The van der Waals surface area contributed by atoms with Crippen LogP contribution in [-0.4, -0.2) is 9.78 Å². The van der Waals surface area contributed by atoms with Crippen molar-refractivity contribution in [1.29, 1.82) is 5.26 Å².